The molecular formula is C19H19N5O2S2. The van der Waals surface area contributed by atoms with Crippen LogP contribution in [0.25, 0.3) is 15.9 Å². The molecule has 1 aliphatic heterocycles. The van der Waals surface area contributed by atoms with E-state index in [4.69, 9.17) is 5.10 Å². The summed E-state index contributed by atoms with van der Waals surface area (Å²) >= 11 is 1.46. The van der Waals surface area contributed by atoms with E-state index in [0.717, 1.165) is 40.0 Å². The molecule has 144 valence electrons. The number of benzene rings is 1. The Labute approximate surface area is 166 Å². The van der Waals surface area contributed by atoms with Crippen molar-refractivity contribution in [1.82, 2.24) is 23.9 Å². The third kappa shape index (κ3) is 2.90. The fourth-order valence-corrected chi connectivity index (χ4v) is 6.16. The van der Waals surface area contributed by atoms with E-state index in [1.54, 1.807) is 38.7 Å². The van der Waals surface area contributed by atoms with E-state index in [9.17, 15) is 8.42 Å². The van der Waals surface area contributed by atoms with Gasteiger partial charge in [-0.3, -0.25) is 0 Å². The molecule has 1 fully saturated rings. The van der Waals surface area contributed by atoms with Gasteiger partial charge < -0.3 is 0 Å². The zero-order chi connectivity index (χ0) is 19.3. The summed E-state index contributed by atoms with van der Waals surface area (Å²) in [5.74, 6) is 0.252. The van der Waals surface area contributed by atoms with Gasteiger partial charge in [-0.2, -0.15) is 9.40 Å². The maximum atomic E-state index is 13.1. The number of hydrogen-bond donors (Lipinski definition) is 0. The lowest BCUT2D eigenvalue weighted by atomic mass is 9.92. The van der Waals surface area contributed by atoms with E-state index in [1.807, 2.05) is 19.2 Å². The van der Waals surface area contributed by atoms with Gasteiger partial charge in [-0.05, 0) is 49.6 Å². The molecule has 0 saturated carbocycles. The average molecular weight is 414 g/mol. The minimum atomic E-state index is -3.50. The largest absolute Gasteiger partial charge is 0.245 e. The predicted octanol–water partition coefficient (Wildman–Crippen LogP) is 3.22. The van der Waals surface area contributed by atoms with Gasteiger partial charge in [0.2, 0.25) is 10.0 Å². The van der Waals surface area contributed by atoms with Crippen molar-refractivity contribution in [3.05, 3.63) is 53.4 Å². The molecule has 0 unspecified atom stereocenters. The van der Waals surface area contributed by atoms with E-state index < -0.39 is 10.0 Å². The monoisotopic (exact) mass is 413 g/mol. The predicted molar refractivity (Wildman–Crippen MR) is 108 cm³/mol. The van der Waals surface area contributed by atoms with Crippen LogP contribution < -0.4 is 0 Å². The molecule has 9 heteroatoms. The van der Waals surface area contributed by atoms with Gasteiger partial charge in [-0.25, -0.2) is 22.9 Å². The van der Waals surface area contributed by atoms with Gasteiger partial charge in [0.15, 0.2) is 5.65 Å². The Morgan fingerprint density at radius 3 is 2.79 bits per heavy atom. The lowest BCUT2D eigenvalue weighted by Gasteiger charge is -2.31. The van der Waals surface area contributed by atoms with E-state index >= 15 is 0 Å². The Balaban J connectivity index is 1.37. The smallest absolute Gasteiger partial charge is 0.243 e. The molecule has 0 atom stereocenters. The molecule has 1 aliphatic rings. The highest BCUT2D eigenvalue weighted by molar-refractivity contribution is 7.89. The van der Waals surface area contributed by atoms with Crippen molar-refractivity contribution in [1.29, 1.82) is 0 Å². The molecule has 0 N–H and O–H groups in total. The summed E-state index contributed by atoms with van der Waals surface area (Å²) < 4.78 is 30.4. The Hall–Kier alpha value is -2.36. The third-order valence-corrected chi connectivity index (χ3v) is 8.08. The number of imidazole rings is 1. The number of fused-ring (bicyclic) bond motifs is 2. The normalized spacial score (nSPS) is 16.9. The molecule has 0 bridgehead atoms. The zero-order valence-corrected chi connectivity index (χ0v) is 16.9. The van der Waals surface area contributed by atoms with Gasteiger partial charge in [0.25, 0.3) is 0 Å². The van der Waals surface area contributed by atoms with Crippen LogP contribution >= 0.6 is 11.3 Å². The molecule has 1 saturated heterocycles. The molecule has 0 radical (unpaired) electrons. The van der Waals surface area contributed by atoms with Crippen molar-refractivity contribution in [3.63, 3.8) is 0 Å². The fraction of sp³-hybridized carbons (Fsp3) is 0.316. The number of aromatic nitrogens is 4. The zero-order valence-electron chi connectivity index (χ0n) is 15.3. The Morgan fingerprint density at radius 2 is 1.96 bits per heavy atom. The number of sulfonamides is 1. The maximum absolute atomic E-state index is 13.1. The highest BCUT2D eigenvalue weighted by Crippen LogP contribution is 2.32. The SMILES string of the molecule is Cc1cc2nccn2nc1C1CCN(S(=O)(=O)c2ccc3ncsc3c2)CC1. The highest BCUT2D eigenvalue weighted by atomic mass is 32.2. The molecule has 7 nitrogen and oxygen atoms in total. The Kier molecular flexibility index (Phi) is 4.18. The first-order valence-electron chi connectivity index (χ1n) is 9.17. The second-order valence-corrected chi connectivity index (χ2v) is 9.93. The third-order valence-electron chi connectivity index (χ3n) is 5.40. The van der Waals surface area contributed by atoms with Crippen LogP contribution in [0.2, 0.25) is 0 Å². The van der Waals surface area contributed by atoms with Gasteiger partial charge in [-0.15, -0.1) is 11.3 Å². The molecule has 4 aromatic rings. The number of thiazole rings is 1. The Bertz CT molecular complexity index is 1270. The number of nitrogens with zero attached hydrogens (tertiary/aromatic N) is 5. The summed E-state index contributed by atoms with van der Waals surface area (Å²) in [5.41, 5.74) is 5.54. The van der Waals surface area contributed by atoms with Gasteiger partial charge in [0, 0.05) is 31.4 Å². The molecule has 0 aliphatic carbocycles. The number of rotatable bonds is 3. The number of hydrogen-bond acceptors (Lipinski definition) is 6. The molecule has 5 rings (SSSR count). The summed E-state index contributed by atoms with van der Waals surface area (Å²) in [4.78, 5) is 8.84. The minimum absolute atomic E-state index is 0.252. The average Bonchev–Trinajstić information content (AvgIpc) is 3.35. The first-order valence-corrected chi connectivity index (χ1v) is 11.5. The summed E-state index contributed by atoms with van der Waals surface area (Å²) in [5, 5.41) is 4.71. The molecule has 0 spiro atoms. The van der Waals surface area contributed by atoms with Crippen LogP contribution in [0.3, 0.4) is 0 Å². The van der Waals surface area contributed by atoms with Crippen molar-refractivity contribution in [3.8, 4) is 0 Å². The molecule has 4 heterocycles. The quantitative estimate of drug-likeness (QED) is 0.515. The van der Waals surface area contributed by atoms with Gasteiger partial charge in [0.1, 0.15) is 0 Å². The molecule has 1 aromatic carbocycles. The molecular weight excluding hydrogens is 394 g/mol. The van der Waals surface area contributed by atoms with E-state index in [0.29, 0.717) is 18.0 Å². The van der Waals surface area contributed by atoms with Crippen LogP contribution in [-0.4, -0.2) is 45.4 Å². The molecule has 0 amide bonds. The van der Waals surface area contributed by atoms with Crippen LogP contribution in [0.4, 0.5) is 0 Å². The Morgan fingerprint density at radius 1 is 1.14 bits per heavy atom. The maximum Gasteiger partial charge on any atom is 0.243 e. The van der Waals surface area contributed by atoms with Gasteiger partial charge >= 0.3 is 0 Å². The second-order valence-electron chi connectivity index (χ2n) is 7.10. The first-order chi connectivity index (χ1) is 13.5. The van der Waals surface area contributed by atoms with Crippen molar-refractivity contribution < 1.29 is 8.42 Å². The van der Waals surface area contributed by atoms with Crippen LogP contribution in [0, 0.1) is 6.92 Å². The summed E-state index contributed by atoms with van der Waals surface area (Å²) in [6, 6.07) is 7.20. The number of piperidine rings is 1. The van der Waals surface area contributed by atoms with Gasteiger partial charge in [0.05, 0.1) is 26.3 Å². The summed E-state index contributed by atoms with van der Waals surface area (Å²) in [7, 11) is -3.50. The topological polar surface area (TPSA) is 80.5 Å². The number of aryl methyl sites for hydroxylation is 1. The molecule has 3 aromatic heterocycles. The fourth-order valence-electron chi connectivity index (χ4n) is 3.88. The lowest BCUT2D eigenvalue weighted by molar-refractivity contribution is 0.315. The van der Waals surface area contributed by atoms with E-state index in [1.165, 1.54) is 11.3 Å². The van der Waals surface area contributed by atoms with Crippen molar-refractivity contribution in [2.45, 2.75) is 30.6 Å². The van der Waals surface area contributed by atoms with Crippen molar-refractivity contribution in [2.75, 3.05) is 13.1 Å². The van der Waals surface area contributed by atoms with Crippen LogP contribution in [0.15, 0.2) is 47.1 Å². The van der Waals surface area contributed by atoms with Gasteiger partial charge in [-0.1, -0.05) is 0 Å². The summed E-state index contributed by atoms with van der Waals surface area (Å²) in [6.07, 6.45) is 5.10. The highest BCUT2D eigenvalue weighted by Gasteiger charge is 2.31. The molecule has 28 heavy (non-hydrogen) atoms. The van der Waals surface area contributed by atoms with Crippen molar-refractivity contribution >= 4 is 37.2 Å². The summed E-state index contributed by atoms with van der Waals surface area (Å²) in [6.45, 7) is 3.04. The van der Waals surface area contributed by atoms with Crippen LogP contribution in [0.5, 0.6) is 0 Å². The van der Waals surface area contributed by atoms with E-state index in [2.05, 4.69) is 9.97 Å². The van der Waals surface area contributed by atoms with Crippen molar-refractivity contribution in [2.24, 2.45) is 0 Å². The standard InChI is InChI=1S/C19H19N5O2S2/c1-13-10-18-20-6-9-24(18)22-19(13)14-4-7-23(8-5-14)28(25,26)15-2-3-16-17(11-15)27-12-21-16/h2-3,6,9-12,14H,4-5,7-8H2,1H3. The minimum Gasteiger partial charge on any atom is -0.245 e. The van der Waals surface area contributed by atoms with E-state index in [-0.39, 0.29) is 5.92 Å². The first kappa shape index (κ1) is 17.7. The lowest BCUT2D eigenvalue weighted by Crippen LogP contribution is -2.38. The second kappa shape index (κ2) is 6.61. The van der Waals surface area contributed by atoms with Crippen LogP contribution in [0.1, 0.15) is 30.0 Å². The van der Waals surface area contributed by atoms with Crippen LogP contribution in [-0.2, 0) is 10.0 Å².